The Kier molecular flexibility index (Phi) is 4.55. The van der Waals surface area contributed by atoms with Crippen LogP contribution in [0, 0.1) is 0 Å². The zero-order chi connectivity index (χ0) is 17.3. The number of carbonyl (C=O) groups is 2. The van der Waals surface area contributed by atoms with Crippen LogP contribution in [-0.2, 0) is 9.53 Å². The van der Waals surface area contributed by atoms with Crippen molar-refractivity contribution < 1.29 is 19.4 Å². The van der Waals surface area contributed by atoms with Gasteiger partial charge in [0.1, 0.15) is 0 Å². The molecule has 0 saturated carbocycles. The monoisotopic (exact) mass is 349 g/mol. The summed E-state index contributed by atoms with van der Waals surface area (Å²) in [5.74, 6) is -1.40. The SMILES string of the molecule is C[C@@H]1CN(C(=O)c2ccn(-c3cccc(Cl)c3)n2)CC(C(=O)O)O1. The molecule has 1 aliphatic rings. The van der Waals surface area contributed by atoms with Crippen molar-refractivity contribution in [2.24, 2.45) is 0 Å². The van der Waals surface area contributed by atoms with E-state index in [9.17, 15) is 9.59 Å². The minimum Gasteiger partial charge on any atom is -0.479 e. The van der Waals surface area contributed by atoms with Gasteiger partial charge in [0.05, 0.1) is 18.3 Å². The lowest BCUT2D eigenvalue weighted by molar-refractivity contribution is -0.160. The van der Waals surface area contributed by atoms with E-state index >= 15 is 0 Å². The first kappa shape index (κ1) is 16.5. The lowest BCUT2D eigenvalue weighted by atomic mass is 10.2. The van der Waals surface area contributed by atoms with Crippen molar-refractivity contribution in [1.82, 2.24) is 14.7 Å². The zero-order valence-electron chi connectivity index (χ0n) is 12.9. The van der Waals surface area contributed by atoms with Gasteiger partial charge in [-0.05, 0) is 31.2 Å². The van der Waals surface area contributed by atoms with Gasteiger partial charge in [0.2, 0.25) is 0 Å². The molecule has 8 heteroatoms. The van der Waals surface area contributed by atoms with Gasteiger partial charge in [0.15, 0.2) is 11.8 Å². The van der Waals surface area contributed by atoms with Gasteiger partial charge in [-0.15, -0.1) is 0 Å². The highest BCUT2D eigenvalue weighted by molar-refractivity contribution is 6.30. The molecule has 7 nitrogen and oxygen atoms in total. The van der Waals surface area contributed by atoms with Gasteiger partial charge < -0.3 is 14.7 Å². The maximum atomic E-state index is 12.6. The Labute approximate surface area is 143 Å². The first-order valence-corrected chi connectivity index (χ1v) is 7.81. The number of aromatic nitrogens is 2. The summed E-state index contributed by atoms with van der Waals surface area (Å²) in [6.07, 6.45) is 0.295. The van der Waals surface area contributed by atoms with E-state index in [0.717, 1.165) is 5.69 Å². The first-order valence-electron chi connectivity index (χ1n) is 7.43. The van der Waals surface area contributed by atoms with Gasteiger partial charge >= 0.3 is 5.97 Å². The van der Waals surface area contributed by atoms with Crippen LogP contribution in [0.1, 0.15) is 17.4 Å². The van der Waals surface area contributed by atoms with Crippen molar-refractivity contribution in [1.29, 1.82) is 0 Å². The Hall–Kier alpha value is -2.38. The molecule has 3 rings (SSSR count). The van der Waals surface area contributed by atoms with Crippen molar-refractivity contribution in [3.63, 3.8) is 0 Å². The number of rotatable bonds is 3. The smallest absolute Gasteiger partial charge is 0.334 e. The molecule has 0 bridgehead atoms. The minimum atomic E-state index is -1.08. The molecule has 2 aromatic rings. The summed E-state index contributed by atoms with van der Waals surface area (Å²) in [5, 5.41) is 14.0. The van der Waals surface area contributed by atoms with Gasteiger partial charge in [0, 0.05) is 17.8 Å². The Bertz CT molecular complexity index is 776. The molecule has 0 aliphatic carbocycles. The number of halogens is 1. The molecule has 1 fully saturated rings. The van der Waals surface area contributed by atoms with Gasteiger partial charge in [-0.2, -0.15) is 5.10 Å². The Morgan fingerprint density at radius 2 is 2.12 bits per heavy atom. The topological polar surface area (TPSA) is 84.7 Å². The summed E-state index contributed by atoms with van der Waals surface area (Å²) >= 11 is 5.96. The van der Waals surface area contributed by atoms with Crippen molar-refractivity contribution in [2.45, 2.75) is 19.1 Å². The lowest BCUT2D eigenvalue weighted by Gasteiger charge is -2.34. The van der Waals surface area contributed by atoms with E-state index in [-0.39, 0.29) is 24.2 Å². The zero-order valence-corrected chi connectivity index (χ0v) is 13.7. The fraction of sp³-hybridized carbons (Fsp3) is 0.312. The van der Waals surface area contributed by atoms with Gasteiger partial charge in [-0.25, -0.2) is 9.48 Å². The average Bonchev–Trinajstić information content (AvgIpc) is 3.03. The van der Waals surface area contributed by atoms with E-state index < -0.39 is 12.1 Å². The molecule has 1 amide bonds. The van der Waals surface area contributed by atoms with E-state index in [0.29, 0.717) is 11.6 Å². The molecule has 1 aromatic carbocycles. The number of carboxylic acid groups (broad SMARTS) is 1. The van der Waals surface area contributed by atoms with Crippen LogP contribution in [-0.4, -0.2) is 57.0 Å². The summed E-state index contributed by atoms with van der Waals surface area (Å²) in [5.41, 5.74) is 0.980. The van der Waals surface area contributed by atoms with E-state index in [2.05, 4.69) is 5.10 Å². The molecular weight excluding hydrogens is 334 g/mol. The fourth-order valence-electron chi connectivity index (χ4n) is 2.62. The molecule has 1 saturated heterocycles. The number of morpholine rings is 1. The number of ether oxygens (including phenoxy) is 1. The van der Waals surface area contributed by atoms with Crippen LogP contribution in [0.3, 0.4) is 0 Å². The van der Waals surface area contributed by atoms with E-state index in [4.69, 9.17) is 21.4 Å². The second kappa shape index (κ2) is 6.62. The number of amides is 1. The van der Waals surface area contributed by atoms with E-state index in [1.54, 1.807) is 42.1 Å². The molecule has 126 valence electrons. The number of benzene rings is 1. The van der Waals surface area contributed by atoms with Crippen LogP contribution in [0.4, 0.5) is 0 Å². The maximum Gasteiger partial charge on any atom is 0.334 e. The highest BCUT2D eigenvalue weighted by Crippen LogP contribution is 2.17. The Morgan fingerprint density at radius 3 is 2.83 bits per heavy atom. The van der Waals surface area contributed by atoms with Crippen LogP contribution in [0.15, 0.2) is 36.5 Å². The molecule has 2 heterocycles. The van der Waals surface area contributed by atoms with E-state index in [1.807, 2.05) is 6.07 Å². The van der Waals surface area contributed by atoms with Crippen LogP contribution < -0.4 is 0 Å². The molecule has 1 aliphatic heterocycles. The van der Waals surface area contributed by atoms with Crippen LogP contribution >= 0.6 is 11.6 Å². The molecular formula is C16H16ClN3O4. The first-order chi connectivity index (χ1) is 11.4. The number of aliphatic carboxylic acids is 1. The maximum absolute atomic E-state index is 12.6. The second-order valence-corrected chi connectivity index (χ2v) is 6.05. The molecule has 0 radical (unpaired) electrons. The van der Waals surface area contributed by atoms with Gasteiger partial charge in [-0.1, -0.05) is 17.7 Å². The second-order valence-electron chi connectivity index (χ2n) is 5.61. The van der Waals surface area contributed by atoms with Crippen LogP contribution in [0.5, 0.6) is 0 Å². The molecule has 1 unspecified atom stereocenters. The quantitative estimate of drug-likeness (QED) is 0.914. The summed E-state index contributed by atoms with van der Waals surface area (Å²) in [6, 6.07) is 8.70. The third kappa shape index (κ3) is 3.42. The van der Waals surface area contributed by atoms with Crippen LogP contribution in [0.2, 0.25) is 5.02 Å². The number of hydrogen-bond donors (Lipinski definition) is 1. The normalized spacial score (nSPS) is 20.8. The number of hydrogen-bond acceptors (Lipinski definition) is 4. The van der Waals surface area contributed by atoms with Crippen molar-refractivity contribution >= 4 is 23.5 Å². The standard InChI is InChI=1S/C16H16ClN3O4/c1-10-8-19(9-14(24-10)16(22)23)15(21)13-5-6-20(18-13)12-4-2-3-11(17)7-12/h2-7,10,14H,8-9H2,1H3,(H,22,23)/t10-,14?/m1/s1. The summed E-state index contributed by atoms with van der Waals surface area (Å²) < 4.78 is 6.87. The summed E-state index contributed by atoms with van der Waals surface area (Å²) in [7, 11) is 0. The molecule has 24 heavy (non-hydrogen) atoms. The number of nitrogens with zero attached hydrogens (tertiary/aromatic N) is 3. The van der Waals surface area contributed by atoms with E-state index in [1.165, 1.54) is 4.90 Å². The Morgan fingerprint density at radius 1 is 1.33 bits per heavy atom. The van der Waals surface area contributed by atoms with Crippen molar-refractivity contribution in [3.8, 4) is 5.69 Å². The van der Waals surface area contributed by atoms with Crippen molar-refractivity contribution in [3.05, 3.63) is 47.2 Å². The molecule has 1 aromatic heterocycles. The predicted octanol–water partition coefficient (Wildman–Crippen LogP) is 1.84. The third-order valence-electron chi connectivity index (χ3n) is 3.70. The predicted molar refractivity (Wildman–Crippen MR) is 86.4 cm³/mol. The largest absolute Gasteiger partial charge is 0.479 e. The fourth-order valence-corrected chi connectivity index (χ4v) is 2.80. The molecule has 1 N–H and O–H groups in total. The third-order valence-corrected chi connectivity index (χ3v) is 3.94. The van der Waals surface area contributed by atoms with Crippen molar-refractivity contribution in [2.75, 3.05) is 13.1 Å². The Balaban J connectivity index is 1.79. The minimum absolute atomic E-state index is 0.00251. The summed E-state index contributed by atoms with van der Waals surface area (Å²) in [4.78, 5) is 25.2. The molecule has 0 spiro atoms. The summed E-state index contributed by atoms with van der Waals surface area (Å²) in [6.45, 7) is 2.06. The number of carboxylic acids is 1. The highest BCUT2D eigenvalue weighted by atomic mass is 35.5. The number of carbonyl (C=O) groups excluding carboxylic acids is 1. The van der Waals surface area contributed by atoms with Gasteiger partial charge in [-0.3, -0.25) is 4.79 Å². The highest BCUT2D eigenvalue weighted by Gasteiger charge is 2.33. The average molecular weight is 350 g/mol. The van der Waals surface area contributed by atoms with Gasteiger partial charge in [0.25, 0.3) is 5.91 Å². The lowest BCUT2D eigenvalue weighted by Crippen LogP contribution is -2.51. The molecule has 2 atom stereocenters. The van der Waals surface area contributed by atoms with Crippen LogP contribution in [0.25, 0.3) is 5.69 Å².